The van der Waals surface area contributed by atoms with E-state index in [-0.39, 0.29) is 11.3 Å². The highest BCUT2D eigenvalue weighted by Crippen LogP contribution is 2.20. The molecule has 0 spiro atoms. The molecular formula is C14H15FN4O2. The number of nitrogens with one attached hydrogen (secondary N) is 2. The lowest BCUT2D eigenvalue weighted by molar-refractivity contribution is 0.102. The number of benzene rings is 1. The molecule has 0 fully saturated rings. The third-order valence-electron chi connectivity index (χ3n) is 2.69. The van der Waals surface area contributed by atoms with Crippen molar-refractivity contribution in [2.45, 2.75) is 6.92 Å². The molecule has 21 heavy (non-hydrogen) atoms. The van der Waals surface area contributed by atoms with Gasteiger partial charge in [0.2, 0.25) is 5.88 Å². The maximum absolute atomic E-state index is 13.5. The number of rotatable bonds is 5. The summed E-state index contributed by atoms with van der Waals surface area (Å²) in [6, 6.07) is 7.39. The average molecular weight is 290 g/mol. The summed E-state index contributed by atoms with van der Waals surface area (Å²) in [5.41, 5.74) is 2.70. The molecule has 4 N–H and O–H groups in total. The van der Waals surface area contributed by atoms with E-state index in [1.165, 1.54) is 24.4 Å². The van der Waals surface area contributed by atoms with Crippen LogP contribution in [0.3, 0.4) is 0 Å². The monoisotopic (exact) mass is 290 g/mol. The van der Waals surface area contributed by atoms with Crippen molar-refractivity contribution >= 4 is 17.3 Å². The second-order valence-electron chi connectivity index (χ2n) is 4.08. The minimum Gasteiger partial charge on any atom is -0.478 e. The summed E-state index contributed by atoms with van der Waals surface area (Å²) < 4.78 is 18.7. The summed E-state index contributed by atoms with van der Waals surface area (Å²) in [5.74, 6) is 4.61. The van der Waals surface area contributed by atoms with Crippen molar-refractivity contribution in [1.29, 1.82) is 0 Å². The number of nitrogen functional groups attached to an aromatic ring is 1. The third-order valence-corrected chi connectivity index (χ3v) is 2.69. The maximum atomic E-state index is 13.5. The molecule has 7 heteroatoms. The predicted molar refractivity (Wildman–Crippen MR) is 77.6 cm³/mol. The van der Waals surface area contributed by atoms with E-state index in [4.69, 9.17) is 10.6 Å². The molecule has 0 aliphatic carbocycles. The van der Waals surface area contributed by atoms with E-state index >= 15 is 0 Å². The van der Waals surface area contributed by atoms with Crippen LogP contribution in [0.25, 0.3) is 0 Å². The van der Waals surface area contributed by atoms with Crippen LogP contribution in [0.4, 0.5) is 15.8 Å². The summed E-state index contributed by atoms with van der Waals surface area (Å²) >= 11 is 0. The molecule has 1 heterocycles. The number of carbonyl (C=O) groups is 1. The first kappa shape index (κ1) is 14.7. The van der Waals surface area contributed by atoms with Gasteiger partial charge >= 0.3 is 0 Å². The lowest BCUT2D eigenvalue weighted by Crippen LogP contribution is -2.18. The Labute approximate surface area is 121 Å². The predicted octanol–water partition coefficient (Wildman–Crippen LogP) is 2.16. The lowest BCUT2D eigenvalue weighted by atomic mass is 10.1. The van der Waals surface area contributed by atoms with Gasteiger partial charge in [-0.15, -0.1) is 0 Å². The van der Waals surface area contributed by atoms with Gasteiger partial charge < -0.3 is 15.5 Å². The van der Waals surface area contributed by atoms with Crippen LogP contribution < -0.4 is 21.3 Å². The van der Waals surface area contributed by atoms with Gasteiger partial charge in [0.05, 0.1) is 29.7 Å². The van der Waals surface area contributed by atoms with E-state index in [1.807, 2.05) is 6.92 Å². The van der Waals surface area contributed by atoms with Gasteiger partial charge in [-0.25, -0.2) is 9.37 Å². The van der Waals surface area contributed by atoms with Gasteiger partial charge in [0.15, 0.2) is 0 Å². The van der Waals surface area contributed by atoms with Crippen LogP contribution in [0, 0.1) is 5.82 Å². The largest absolute Gasteiger partial charge is 0.478 e. The van der Waals surface area contributed by atoms with Gasteiger partial charge in [-0.2, -0.15) is 0 Å². The number of pyridine rings is 1. The maximum Gasteiger partial charge on any atom is 0.257 e. The van der Waals surface area contributed by atoms with E-state index in [0.29, 0.717) is 18.2 Å². The first-order valence-electron chi connectivity index (χ1n) is 6.31. The first-order chi connectivity index (χ1) is 10.2. The summed E-state index contributed by atoms with van der Waals surface area (Å²) in [4.78, 5) is 16.1. The van der Waals surface area contributed by atoms with Gasteiger partial charge in [0, 0.05) is 6.07 Å². The van der Waals surface area contributed by atoms with Gasteiger partial charge in [-0.1, -0.05) is 6.07 Å². The molecular weight excluding hydrogens is 275 g/mol. The number of para-hydroxylation sites is 1. The number of nitrogens with zero attached hydrogens (tertiary/aromatic N) is 1. The number of carbonyl (C=O) groups excluding carboxylic acids is 1. The molecule has 1 aromatic heterocycles. The van der Waals surface area contributed by atoms with Crippen LogP contribution in [0.15, 0.2) is 36.5 Å². The Morgan fingerprint density at radius 1 is 1.38 bits per heavy atom. The number of hydrazine groups is 1. The zero-order valence-electron chi connectivity index (χ0n) is 11.4. The standard InChI is InChI=1S/C14H15FN4O2/c1-2-21-12-7-6-9(8-17-12)18-14(20)10-4-3-5-11(15)13(10)19-16/h3-8,19H,2,16H2,1H3,(H,18,20). The number of aromatic nitrogens is 1. The second kappa shape index (κ2) is 6.67. The summed E-state index contributed by atoms with van der Waals surface area (Å²) in [6.07, 6.45) is 1.46. The van der Waals surface area contributed by atoms with Crippen molar-refractivity contribution in [3.8, 4) is 5.88 Å². The highest BCUT2D eigenvalue weighted by molar-refractivity contribution is 6.08. The topological polar surface area (TPSA) is 89.3 Å². The number of hydrogen-bond acceptors (Lipinski definition) is 5. The molecule has 2 rings (SSSR count). The van der Waals surface area contributed by atoms with Crippen LogP contribution in [-0.4, -0.2) is 17.5 Å². The highest BCUT2D eigenvalue weighted by Gasteiger charge is 2.14. The molecule has 0 aliphatic rings. The Kier molecular flexibility index (Phi) is 4.68. The molecule has 110 valence electrons. The minimum atomic E-state index is -0.602. The zero-order valence-corrected chi connectivity index (χ0v) is 11.4. The number of ether oxygens (including phenoxy) is 1. The van der Waals surface area contributed by atoms with Crippen LogP contribution >= 0.6 is 0 Å². The summed E-state index contributed by atoms with van der Waals surface area (Å²) in [7, 11) is 0. The number of amides is 1. The van der Waals surface area contributed by atoms with Crippen LogP contribution in [-0.2, 0) is 0 Å². The second-order valence-corrected chi connectivity index (χ2v) is 4.08. The van der Waals surface area contributed by atoms with E-state index in [2.05, 4.69) is 15.7 Å². The van der Waals surface area contributed by atoms with Crippen molar-refractivity contribution in [3.63, 3.8) is 0 Å². The molecule has 0 unspecified atom stereocenters. The third kappa shape index (κ3) is 3.46. The molecule has 0 atom stereocenters. The van der Waals surface area contributed by atoms with Crippen LogP contribution in [0.2, 0.25) is 0 Å². The fourth-order valence-electron chi connectivity index (χ4n) is 1.75. The number of halogens is 1. The van der Waals surface area contributed by atoms with Gasteiger partial charge in [0.1, 0.15) is 5.82 Å². The van der Waals surface area contributed by atoms with E-state index < -0.39 is 11.7 Å². The minimum absolute atomic E-state index is 0.0612. The smallest absolute Gasteiger partial charge is 0.257 e. The van der Waals surface area contributed by atoms with Crippen molar-refractivity contribution in [3.05, 3.63) is 47.9 Å². The number of anilines is 2. The Hall–Kier alpha value is -2.67. The zero-order chi connectivity index (χ0) is 15.2. The number of hydrogen-bond donors (Lipinski definition) is 3. The van der Waals surface area contributed by atoms with Gasteiger partial charge in [0.25, 0.3) is 5.91 Å². The molecule has 1 amide bonds. The Bertz CT molecular complexity index is 631. The van der Waals surface area contributed by atoms with E-state index in [1.54, 1.807) is 12.1 Å². The molecule has 1 aromatic carbocycles. The van der Waals surface area contributed by atoms with Gasteiger partial charge in [-0.3, -0.25) is 10.6 Å². The fraction of sp³-hybridized carbons (Fsp3) is 0.143. The average Bonchev–Trinajstić information content (AvgIpc) is 2.49. The molecule has 0 radical (unpaired) electrons. The highest BCUT2D eigenvalue weighted by atomic mass is 19.1. The fourth-order valence-corrected chi connectivity index (χ4v) is 1.75. The number of nitrogens with two attached hydrogens (primary N) is 1. The Morgan fingerprint density at radius 3 is 2.81 bits per heavy atom. The molecule has 6 nitrogen and oxygen atoms in total. The van der Waals surface area contributed by atoms with Gasteiger partial charge in [-0.05, 0) is 25.1 Å². The summed E-state index contributed by atoms with van der Waals surface area (Å²) in [6.45, 7) is 2.36. The lowest BCUT2D eigenvalue weighted by Gasteiger charge is -2.10. The van der Waals surface area contributed by atoms with Crippen molar-refractivity contribution in [2.24, 2.45) is 5.84 Å². The SMILES string of the molecule is CCOc1ccc(NC(=O)c2cccc(F)c2NN)cn1. The normalized spacial score (nSPS) is 10.0. The Morgan fingerprint density at radius 2 is 2.19 bits per heavy atom. The van der Waals surface area contributed by atoms with Crippen molar-refractivity contribution < 1.29 is 13.9 Å². The van der Waals surface area contributed by atoms with Crippen molar-refractivity contribution in [1.82, 2.24) is 4.98 Å². The van der Waals surface area contributed by atoms with Crippen LogP contribution in [0.5, 0.6) is 5.88 Å². The summed E-state index contributed by atoms with van der Waals surface area (Å²) in [5, 5.41) is 2.61. The molecule has 0 bridgehead atoms. The molecule has 0 aliphatic heterocycles. The molecule has 0 saturated carbocycles. The van der Waals surface area contributed by atoms with E-state index in [0.717, 1.165) is 0 Å². The molecule has 0 saturated heterocycles. The van der Waals surface area contributed by atoms with Crippen LogP contribution in [0.1, 0.15) is 17.3 Å². The van der Waals surface area contributed by atoms with E-state index in [9.17, 15) is 9.18 Å². The van der Waals surface area contributed by atoms with Crippen molar-refractivity contribution in [2.75, 3.05) is 17.3 Å². The Balaban J connectivity index is 2.16. The molecule has 2 aromatic rings. The first-order valence-corrected chi connectivity index (χ1v) is 6.31. The quantitative estimate of drug-likeness (QED) is 0.580.